The van der Waals surface area contributed by atoms with Gasteiger partial charge in [-0.15, -0.1) is 0 Å². The van der Waals surface area contributed by atoms with Crippen LogP contribution in [0.2, 0.25) is 0 Å². The van der Waals surface area contributed by atoms with E-state index in [1.807, 2.05) is 0 Å². The molecular formula is C12H25N3. The van der Waals surface area contributed by atoms with E-state index in [0.717, 1.165) is 12.5 Å². The topological polar surface area (TPSA) is 32.5 Å². The van der Waals surface area contributed by atoms with E-state index in [0.29, 0.717) is 6.04 Å². The highest BCUT2D eigenvalue weighted by Gasteiger charge is 2.40. The second-order valence-corrected chi connectivity index (χ2v) is 5.84. The van der Waals surface area contributed by atoms with Crippen LogP contribution in [0, 0.1) is 5.92 Å². The van der Waals surface area contributed by atoms with Crippen LogP contribution in [0.25, 0.3) is 0 Å². The first-order valence-electron chi connectivity index (χ1n) is 6.20. The lowest BCUT2D eigenvalue weighted by Gasteiger charge is -2.41. The van der Waals surface area contributed by atoms with E-state index in [9.17, 15) is 0 Å². The van der Waals surface area contributed by atoms with Gasteiger partial charge in [-0.3, -0.25) is 4.90 Å². The molecule has 0 amide bonds. The fourth-order valence-corrected chi connectivity index (χ4v) is 2.62. The summed E-state index contributed by atoms with van der Waals surface area (Å²) in [5.74, 6) is 0.785. The van der Waals surface area contributed by atoms with Gasteiger partial charge in [0.15, 0.2) is 0 Å². The molecule has 1 aliphatic heterocycles. The van der Waals surface area contributed by atoms with Gasteiger partial charge in [0, 0.05) is 37.8 Å². The van der Waals surface area contributed by atoms with Crippen LogP contribution in [0.1, 0.15) is 26.7 Å². The lowest BCUT2D eigenvalue weighted by atomic mass is 9.96. The van der Waals surface area contributed by atoms with Crippen LogP contribution >= 0.6 is 0 Å². The molecule has 1 heterocycles. The lowest BCUT2D eigenvalue weighted by Crippen LogP contribution is -2.56. The predicted molar refractivity (Wildman–Crippen MR) is 63.8 cm³/mol. The quantitative estimate of drug-likeness (QED) is 0.748. The Balaban J connectivity index is 1.84. The summed E-state index contributed by atoms with van der Waals surface area (Å²) in [5, 5.41) is 0. The van der Waals surface area contributed by atoms with Gasteiger partial charge in [-0.05, 0) is 39.7 Å². The van der Waals surface area contributed by atoms with Crippen molar-refractivity contribution in [2.45, 2.75) is 38.3 Å². The summed E-state index contributed by atoms with van der Waals surface area (Å²) in [6, 6.07) is 0.675. The predicted octanol–water partition coefficient (Wildman–Crippen LogP) is 0.750. The maximum atomic E-state index is 6.38. The van der Waals surface area contributed by atoms with Gasteiger partial charge in [0.25, 0.3) is 0 Å². The van der Waals surface area contributed by atoms with Crippen LogP contribution < -0.4 is 5.73 Å². The Morgan fingerprint density at radius 2 is 2.00 bits per heavy atom. The molecule has 0 aromatic carbocycles. The van der Waals surface area contributed by atoms with Crippen LogP contribution in [0.5, 0.6) is 0 Å². The van der Waals surface area contributed by atoms with Gasteiger partial charge in [0.05, 0.1) is 0 Å². The molecule has 0 radical (unpaired) electrons. The molecule has 3 heteroatoms. The summed E-state index contributed by atoms with van der Waals surface area (Å²) in [7, 11) is 2.21. The van der Waals surface area contributed by atoms with Crippen molar-refractivity contribution in [3.05, 3.63) is 0 Å². The molecule has 0 spiro atoms. The molecule has 0 bridgehead atoms. The van der Waals surface area contributed by atoms with Crippen molar-refractivity contribution < 1.29 is 0 Å². The Morgan fingerprint density at radius 1 is 1.33 bits per heavy atom. The minimum atomic E-state index is 0.0512. The molecule has 88 valence electrons. The van der Waals surface area contributed by atoms with Crippen molar-refractivity contribution in [3.63, 3.8) is 0 Å². The van der Waals surface area contributed by atoms with Crippen molar-refractivity contribution >= 4 is 0 Å². The lowest BCUT2D eigenvalue weighted by molar-refractivity contribution is 0.0849. The maximum Gasteiger partial charge on any atom is 0.0283 e. The molecule has 3 nitrogen and oxygen atoms in total. The van der Waals surface area contributed by atoms with Gasteiger partial charge in [-0.2, -0.15) is 0 Å². The molecule has 2 fully saturated rings. The molecule has 1 saturated heterocycles. The molecule has 2 aliphatic rings. The molecule has 2 unspecified atom stereocenters. The third-order valence-corrected chi connectivity index (χ3v) is 4.12. The van der Waals surface area contributed by atoms with Crippen molar-refractivity contribution in [2.75, 3.05) is 33.2 Å². The molecule has 1 aliphatic carbocycles. The molecule has 1 saturated carbocycles. The van der Waals surface area contributed by atoms with Gasteiger partial charge in [-0.25, -0.2) is 0 Å². The fraction of sp³-hybridized carbons (Fsp3) is 1.00. The molecule has 0 aromatic rings. The van der Waals surface area contributed by atoms with E-state index >= 15 is 0 Å². The Labute approximate surface area is 93.6 Å². The minimum absolute atomic E-state index is 0.0512. The average Bonchev–Trinajstić information content (AvgIpc) is 2.93. The number of likely N-dealkylation sites (N-methyl/N-ethyl adjacent to an activating group) is 1. The standard InChI is InChI=1S/C12H25N3/c1-10-8-15(7-6-14(10)3)9-12(2,13)11-4-5-11/h10-11H,4-9,13H2,1-3H3. The second-order valence-electron chi connectivity index (χ2n) is 5.84. The van der Waals surface area contributed by atoms with Crippen LogP contribution in [0.4, 0.5) is 0 Å². The zero-order chi connectivity index (χ0) is 11.1. The molecule has 15 heavy (non-hydrogen) atoms. The number of nitrogens with zero attached hydrogens (tertiary/aromatic N) is 2. The van der Waals surface area contributed by atoms with Gasteiger partial charge in [-0.1, -0.05) is 0 Å². The van der Waals surface area contributed by atoms with Gasteiger partial charge < -0.3 is 10.6 Å². The van der Waals surface area contributed by atoms with E-state index in [2.05, 4.69) is 30.7 Å². The number of rotatable bonds is 3. The highest BCUT2D eigenvalue weighted by atomic mass is 15.3. The summed E-state index contributed by atoms with van der Waals surface area (Å²) in [6.07, 6.45) is 2.69. The third kappa shape index (κ3) is 2.71. The first-order valence-corrected chi connectivity index (χ1v) is 6.20. The normalized spacial score (nSPS) is 34.0. The van der Waals surface area contributed by atoms with Gasteiger partial charge in [0.1, 0.15) is 0 Å². The summed E-state index contributed by atoms with van der Waals surface area (Å²) < 4.78 is 0. The summed E-state index contributed by atoms with van der Waals surface area (Å²) in [4.78, 5) is 4.98. The molecule has 2 rings (SSSR count). The monoisotopic (exact) mass is 211 g/mol. The zero-order valence-corrected chi connectivity index (χ0v) is 10.4. The Morgan fingerprint density at radius 3 is 2.53 bits per heavy atom. The van der Waals surface area contributed by atoms with Crippen LogP contribution in [-0.2, 0) is 0 Å². The SMILES string of the molecule is CC1CN(CC(C)(N)C2CC2)CCN1C. The van der Waals surface area contributed by atoms with Crippen LogP contribution in [-0.4, -0.2) is 54.6 Å². The minimum Gasteiger partial charge on any atom is -0.324 e. The molecular weight excluding hydrogens is 186 g/mol. The highest BCUT2D eigenvalue weighted by molar-refractivity contribution is 4.98. The molecule has 0 aromatic heterocycles. The number of hydrogen-bond acceptors (Lipinski definition) is 3. The number of nitrogens with two attached hydrogens (primary N) is 1. The highest BCUT2D eigenvalue weighted by Crippen LogP contribution is 2.38. The Kier molecular flexibility index (Phi) is 3.06. The van der Waals surface area contributed by atoms with Gasteiger partial charge in [0.2, 0.25) is 0 Å². The number of hydrogen-bond donors (Lipinski definition) is 1. The van der Waals surface area contributed by atoms with Crippen LogP contribution in [0.15, 0.2) is 0 Å². The fourth-order valence-electron chi connectivity index (χ4n) is 2.62. The number of piperazine rings is 1. The van der Waals surface area contributed by atoms with E-state index in [4.69, 9.17) is 5.73 Å². The van der Waals surface area contributed by atoms with Crippen molar-refractivity contribution in [2.24, 2.45) is 11.7 Å². The average molecular weight is 211 g/mol. The third-order valence-electron chi connectivity index (χ3n) is 4.12. The van der Waals surface area contributed by atoms with Gasteiger partial charge >= 0.3 is 0 Å². The van der Waals surface area contributed by atoms with Crippen molar-refractivity contribution in [1.82, 2.24) is 9.80 Å². The van der Waals surface area contributed by atoms with E-state index in [1.54, 1.807) is 0 Å². The summed E-state index contributed by atoms with van der Waals surface area (Å²) in [5.41, 5.74) is 6.43. The largest absolute Gasteiger partial charge is 0.324 e. The zero-order valence-electron chi connectivity index (χ0n) is 10.4. The maximum absolute atomic E-state index is 6.38. The first kappa shape index (κ1) is 11.4. The van der Waals surface area contributed by atoms with E-state index in [1.165, 1.54) is 32.5 Å². The van der Waals surface area contributed by atoms with Crippen molar-refractivity contribution in [1.29, 1.82) is 0 Å². The smallest absolute Gasteiger partial charge is 0.0283 e. The second kappa shape index (κ2) is 4.04. The van der Waals surface area contributed by atoms with E-state index < -0.39 is 0 Å². The first-order chi connectivity index (χ1) is 6.99. The molecule has 2 N–H and O–H groups in total. The Hall–Kier alpha value is -0.120. The van der Waals surface area contributed by atoms with Crippen molar-refractivity contribution in [3.8, 4) is 0 Å². The summed E-state index contributed by atoms with van der Waals surface area (Å²) >= 11 is 0. The summed E-state index contributed by atoms with van der Waals surface area (Å²) in [6.45, 7) is 9.15. The molecule has 2 atom stereocenters. The van der Waals surface area contributed by atoms with Crippen LogP contribution in [0.3, 0.4) is 0 Å². The Bertz CT molecular complexity index is 223. The van der Waals surface area contributed by atoms with E-state index in [-0.39, 0.29) is 5.54 Å².